The number of allylic oxidation sites excluding steroid dienone is 2. The van der Waals surface area contributed by atoms with Crippen molar-refractivity contribution in [2.75, 3.05) is 0 Å². The van der Waals surface area contributed by atoms with Crippen LogP contribution in [-0.4, -0.2) is 5.78 Å². The summed E-state index contributed by atoms with van der Waals surface area (Å²) in [7, 11) is 0. The molecule has 0 N–H and O–H groups in total. The third-order valence-electron chi connectivity index (χ3n) is 5.07. The molecule has 1 nitrogen and oxygen atoms in total. The minimum absolute atomic E-state index is 0.238. The van der Waals surface area contributed by atoms with Gasteiger partial charge in [0.05, 0.1) is 0 Å². The summed E-state index contributed by atoms with van der Waals surface area (Å²) in [6.07, 6.45) is 7.74. The van der Waals surface area contributed by atoms with Crippen molar-refractivity contribution in [2.45, 2.75) is 32.1 Å². The number of carbonyl (C=O) groups excluding carboxylic acids is 1. The highest BCUT2D eigenvalue weighted by atomic mass is 35.5. The predicted octanol–water partition coefficient (Wildman–Crippen LogP) is 4.20. The van der Waals surface area contributed by atoms with Gasteiger partial charge < -0.3 is 0 Å². The molecule has 1 spiro atoms. The number of benzene rings is 1. The summed E-state index contributed by atoms with van der Waals surface area (Å²) in [6, 6.07) is 5.81. The van der Waals surface area contributed by atoms with Crippen LogP contribution in [0.4, 0.5) is 0 Å². The van der Waals surface area contributed by atoms with E-state index in [0.717, 1.165) is 24.8 Å². The zero-order chi connectivity index (χ0) is 12.3. The molecule has 2 atom stereocenters. The Labute approximate surface area is 112 Å². The SMILES string of the molecule is O=C1CC2(CC3=CCC2C3)Cc2ccc(Cl)cc21. The van der Waals surface area contributed by atoms with E-state index < -0.39 is 0 Å². The van der Waals surface area contributed by atoms with Crippen LogP contribution < -0.4 is 0 Å². The second-order valence-corrected chi connectivity index (χ2v) is 6.55. The molecule has 1 fully saturated rings. The lowest BCUT2D eigenvalue weighted by molar-refractivity contribution is 0.0824. The average Bonchev–Trinajstić information content (AvgIpc) is 2.91. The van der Waals surface area contributed by atoms with Crippen molar-refractivity contribution in [3.05, 3.63) is 46.0 Å². The summed E-state index contributed by atoms with van der Waals surface area (Å²) in [5.41, 5.74) is 3.90. The molecule has 4 rings (SSSR count). The van der Waals surface area contributed by atoms with Crippen molar-refractivity contribution in [1.82, 2.24) is 0 Å². The van der Waals surface area contributed by atoms with E-state index in [1.807, 2.05) is 12.1 Å². The van der Waals surface area contributed by atoms with Crippen LogP contribution in [0.15, 0.2) is 29.8 Å². The monoisotopic (exact) mass is 258 g/mol. The van der Waals surface area contributed by atoms with Gasteiger partial charge in [-0.15, -0.1) is 0 Å². The molecule has 0 aromatic heterocycles. The summed E-state index contributed by atoms with van der Waals surface area (Å²) < 4.78 is 0. The van der Waals surface area contributed by atoms with Gasteiger partial charge >= 0.3 is 0 Å². The van der Waals surface area contributed by atoms with Crippen molar-refractivity contribution in [1.29, 1.82) is 0 Å². The number of Topliss-reactive ketones (excluding diaryl/α,β-unsaturated/α-hetero) is 1. The van der Waals surface area contributed by atoms with E-state index in [-0.39, 0.29) is 5.41 Å². The number of hydrogen-bond donors (Lipinski definition) is 0. The summed E-state index contributed by atoms with van der Waals surface area (Å²) in [5.74, 6) is 1.01. The van der Waals surface area contributed by atoms with Crippen molar-refractivity contribution < 1.29 is 4.79 Å². The molecule has 0 saturated heterocycles. The predicted molar refractivity (Wildman–Crippen MR) is 72.0 cm³/mol. The average molecular weight is 259 g/mol. The Bertz CT molecular complexity index is 587. The van der Waals surface area contributed by atoms with Gasteiger partial charge in [0, 0.05) is 17.0 Å². The van der Waals surface area contributed by atoms with Crippen LogP contribution in [0.3, 0.4) is 0 Å². The van der Waals surface area contributed by atoms with E-state index in [1.165, 1.54) is 18.4 Å². The minimum atomic E-state index is 0.238. The van der Waals surface area contributed by atoms with Gasteiger partial charge in [0.25, 0.3) is 0 Å². The van der Waals surface area contributed by atoms with Gasteiger partial charge in [0.1, 0.15) is 0 Å². The largest absolute Gasteiger partial charge is 0.294 e. The molecule has 2 unspecified atom stereocenters. The molecule has 1 saturated carbocycles. The minimum Gasteiger partial charge on any atom is -0.294 e. The molecular formula is C16H15ClO. The van der Waals surface area contributed by atoms with Crippen molar-refractivity contribution in [3.8, 4) is 0 Å². The van der Waals surface area contributed by atoms with E-state index in [2.05, 4.69) is 12.1 Å². The molecule has 3 aliphatic carbocycles. The van der Waals surface area contributed by atoms with Gasteiger partial charge in [0.15, 0.2) is 5.78 Å². The third-order valence-corrected chi connectivity index (χ3v) is 5.31. The topological polar surface area (TPSA) is 17.1 Å². The van der Waals surface area contributed by atoms with Crippen LogP contribution in [0.1, 0.15) is 41.6 Å². The van der Waals surface area contributed by atoms with Crippen LogP contribution in [0.25, 0.3) is 0 Å². The van der Waals surface area contributed by atoms with E-state index >= 15 is 0 Å². The van der Waals surface area contributed by atoms with E-state index in [0.29, 0.717) is 16.7 Å². The smallest absolute Gasteiger partial charge is 0.163 e. The van der Waals surface area contributed by atoms with Crippen molar-refractivity contribution in [3.63, 3.8) is 0 Å². The maximum absolute atomic E-state index is 12.4. The Morgan fingerprint density at radius 1 is 1.22 bits per heavy atom. The first kappa shape index (κ1) is 10.8. The number of rotatable bonds is 0. The van der Waals surface area contributed by atoms with Crippen molar-refractivity contribution in [2.24, 2.45) is 11.3 Å². The lowest BCUT2D eigenvalue weighted by atomic mass is 9.64. The van der Waals surface area contributed by atoms with E-state index in [9.17, 15) is 4.79 Å². The Hall–Kier alpha value is -1.08. The molecule has 18 heavy (non-hydrogen) atoms. The van der Waals surface area contributed by atoms with Gasteiger partial charge in [-0.1, -0.05) is 29.3 Å². The molecular weight excluding hydrogens is 244 g/mol. The maximum atomic E-state index is 12.4. The standard InChI is InChI=1S/C16H15ClO/c17-13-4-2-11-8-16(9-15(18)14(11)6-13)7-10-1-3-12(16)5-10/h1-2,4,6,12H,3,5,7-9H2. The molecule has 0 radical (unpaired) electrons. The lowest BCUT2D eigenvalue weighted by Gasteiger charge is -2.39. The second-order valence-electron chi connectivity index (χ2n) is 6.12. The number of hydrogen-bond acceptors (Lipinski definition) is 1. The zero-order valence-corrected chi connectivity index (χ0v) is 11.0. The number of ketones is 1. The summed E-state index contributed by atoms with van der Waals surface area (Å²) in [6.45, 7) is 0. The molecule has 0 amide bonds. The van der Waals surface area contributed by atoms with Crippen LogP contribution in [0, 0.1) is 11.3 Å². The molecule has 1 aromatic rings. The van der Waals surface area contributed by atoms with Crippen LogP contribution >= 0.6 is 11.6 Å². The molecule has 2 heteroatoms. The molecule has 0 heterocycles. The van der Waals surface area contributed by atoms with Crippen LogP contribution in [0.2, 0.25) is 5.02 Å². The highest BCUT2D eigenvalue weighted by molar-refractivity contribution is 6.31. The Balaban J connectivity index is 1.79. The van der Waals surface area contributed by atoms with Gasteiger partial charge in [-0.3, -0.25) is 4.79 Å². The fourth-order valence-corrected chi connectivity index (χ4v) is 4.40. The zero-order valence-electron chi connectivity index (χ0n) is 10.2. The normalized spacial score (nSPS) is 32.8. The summed E-state index contributed by atoms with van der Waals surface area (Å²) >= 11 is 5.99. The highest BCUT2D eigenvalue weighted by Crippen LogP contribution is 2.58. The first-order valence-corrected chi connectivity index (χ1v) is 7.04. The third kappa shape index (κ3) is 1.37. The van der Waals surface area contributed by atoms with Gasteiger partial charge in [-0.2, -0.15) is 0 Å². The molecule has 2 bridgehead atoms. The first-order valence-electron chi connectivity index (χ1n) is 6.66. The Morgan fingerprint density at radius 3 is 2.83 bits per heavy atom. The highest BCUT2D eigenvalue weighted by Gasteiger charge is 2.50. The Morgan fingerprint density at radius 2 is 2.11 bits per heavy atom. The molecule has 92 valence electrons. The van der Waals surface area contributed by atoms with Crippen LogP contribution in [-0.2, 0) is 6.42 Å². The van der Waals surface area contributed by atoms with E-state index in [1.54, 1.807) is 5.57 Å². The number of fused-ring (bicyclic) bond motifs is 4. The van der Waals surface area contributed by atoms with Gasteiger partial charge in [-0.25, -0.2) is 0 Å². The first-order chi connectivity index (χ1) is 8.66. The maximum Gasteiger partial charge on any atom is 0.163 e. The second kappa shape index (κ2) is 3.48. The summed E-state index contributed by atoms with van der Waals surface area (Å²) in [4.78, 5) is 12.4. The Kier molecular flexibility index (Phi) is 2.09. The van der Waals surface area contributed by atoms with Crippen molar-refractivity contribution >= 4 is 17.4 Å². The van der Waals surface area contributed by atoms with Gasteiger partial charge in [-0.05, 0) is 54.7 Å². The number of carbonyl (C=O) groups is 1. The fraction of sp³-hybridized carbons (Fsp3) is 0.438. The molecule has 1 aromatic carbocycles. The summed E-state index contributed by atoms with van der Waals surface area (Å²) in [5, 5.41) is 0.675. The quantitative estimate of drug-likeness (QED) is 0.638. The fourth-order valence-electron chi connectivity index (χ4n) is 4.23. The van der Waals surface area contributed by atoms with Gasteiger partial charge in [0.2, 0.25) is 0 Å². The van der Waals surface area contributed by atoms with Crippen LogP contribution in [0.5, 0.6) is 0 Å². The lowest BCUT2D eigenvalue weighted by Crippen LogP contribution is -2.36. The molecule has 0 aliphatic heterocycles. The number of halogens is 1. The van der Waals surface area contributed by atoms with E-state index in [4.69, 9.17) is 11.6 Å². The molecule has 3 aliphatic rings.